The van der Waals surface area contributed by atoms with Crippen molar-refractivity contribution in [3.8, 4) is 28.7 Å². The highest BCUT2D eigenvalue weighted by atomic mass is 16.6. The molecule has 1 N–H and O–H groups in total. The molecule has 8 nitrogen and oxygen atoms in total. The van der Waals surface area contributed by atoms with Gasteiger partial charge in [0.15, 0.2) is 23.0 Å². The molecule has 0 aromatic heterocycles. The third-order valence-electron chi connectivity index (χ3n) is 5.79. The molecule has 8 heteroatoms. The summed E-state index contributed by atoms with van der Waals surface area (Å²) in [5.41, 5.74) is 2.79. The lowest BCUT2D eigenvalue weighted by Gasteiger charge is -2.27. The standard InChI is InChI=1S/C27H27NO7/c1-5-34-25-12-17(8-11-22(25)35-27(30)16-6-9-18(31-2)10-7-16)19-14-26(29)28-21-15-24(33-4)23(32-3)13-20(19)21/h6-13,15,19H,5,14H2,1-4H3,(H,28,29). The average Bonchev–Trinajstić information content (AvgIpc) is 2.88. The van der Waals surface area contributed by atoms with Crippen molar-refractivity contribution >= 4 is 17.6 Å². The smallest absolute Gasteiger partial charge is 0.343 e. The molecule has 0 bridgehead atoms. The molecular weight excluding hydrogens is 450 g/mol. The molecule has 1 amide bonds. The molecule has 182 valence electrons. The maximum atomic E-state index is 12.7. The molecule has 3 aromatic carbocycles. The first-order valence-electron chi connectivity index (χ1n) is 11.2. The van der Waals surface area contributed by atoms with E-state index in [0.717, 1.165) is 11.1 Å². The molecule has 1 unspecified atom stereocenters. The predicted molar refractivity (Wildman–Crippen MR) is 130 cm³/mol. The van der Waals surface area contributed by atoms with Crippen LogP contribution in [0.5, 0.6) is 28.7 Å². The normalized spacial score (nSPS) is 14.4. The van der Waals surface area contributed by atoms with E-state index in [0.29, 0.717) is 46.6 Å². The third-order valence-corrected chi connectivity index (χ3v) is 5.79. The minimum Gasteiger partial charge on any atom is -0.497 e. The van der Waals surface area contributed by atoms with E-state index >= 15 is 0 Å². The van der Waals surface area contributed by atoms with E-state index in [9.17, 15) is 9.59 Å². The van der Waals surface area contributed by atoms with Crippen LogP contribution in [0.25, 0.3) is 0 Å². The van der Waals surface area contributed by atoms with E-state index in [1.165, 1.54) is 0 Å². The molecule has 0 fully saturated rings. The molecular formula is C27H27NO7. The van der Waals surface area contributed by atoms with Crippen molar-refractivity contribution in [3.63, 3.8) is 0 Å². The Morgan fingerprint density at radius 1 is 0.886 bits per heavy atom. The Bertz CT molecular complexity index is 1240. The van der Waals surface area contributed by atoms with Crippen molar-refractivity contribution in [1.29, 1.82) is 0 Å². The number of carbonyl (C=O) groups excluding carboxylic acids is 2. The quantitative estimate of drug-likeness (QED) is 0.368. The topological polar surface area (TPSA) is 92.3 Å². The number of methoxy groups -OCH3 is 3. The van der Waals surface area contributed by atoms with E-state index in [-0.39, 0.29) is 18.2 Å². The fourth-order valence-electron chi connectivity index (χ4n) is 4.07. The molecule has 0 spiro atoms. The van der Waals surface area contributed by atoms with Crippen molar-refractivity contribution in [2.75, 3.05) is 33.3 Å². The first-order valence-corrected chi connectivity index (χ1v) is 11.2. The molecule has 1 atom stereocenters. The first kappa shape index (κ1) is 23.9. The highest BCUT2D eigenvalue weighted by Crippen LogP contribution is 2.44. The zero-order chi connectivity index (χ0) is 24.9. The van der Waals surface area contributed by atoms with Crippen molar-refractivity contribution in [2.45, 2.75) is 19.3 Å². The van der Waals surface area contributed by atoms with E-state index in [2.05, 4.69) is 5.32 Å². The van der Waals surface area contributed by atoms with E-state index in [1.807, 2.05) is 25.1 Å². The maximum Gasteiger partial charge on any atom is 0.343 e. The molecule has 35 heavy (non-hydrogen) atoms. The second-order valence-electron chi connectivity index (χ2n) is 7.86. The van der Waals surface area contributed by atoms with Gasteiger partial charge < -0.3 is 29.0 Å². The highest BCUT2D eigenvalue weighted by Gasteiger charge is 2.29. The van der Waals surface area contributed by atoms with Gasteiger partial charge >= 0.3 is 5.97 Å². The number of ether oxygens (including phenoxy) is 5. The van der Waals surface area contributed by atoms with Crippen molar-refractivity contribution < 1.29 is 33.3 Å². The number of amides is 1. The molecule has 1 aliphatic heterocycles. The van der Waals surface area contributed by atoms with Gasteiger partial charge in [0.25, 0.3) is 0 Å². The minimum absolute atomic E-state index is 0.109. The SMILES string of the molecule is CCOc1cc(C2CC(=O)Nc3cc(OC)c(OC)cc32)ccc1OC(=O)c1ccc(OC)cc1. The van der Waals surface area contributed by atoms with Crippen LogP contribution in [0.1, 0.15) is 40.7 Å². The number of fused-ring (bicyclic) bond motifs is 1. The number of nitrogens with one attached hydrogen (secondary N) is 1. The average molecular weight is 478 g/mol. The van der Waals surface area contributed by atoms with Gasteiger partial charge in [0.05, 0.1) is 33.5 Å². The lowest BCUT2D eigenvalue weighted by atomic mass is 9.84. The molecule has 4 rings (SSSR count). The summed E-state index contributed by atoms with van der Waals surface area (Å²) in [6.45, 7) is 2.23. The van der Waals surface area contributed by atoms with Gasteiger partial charge in [0, 0.05) is 24.1 Å². The molecule has 0 saturated carbocycles. The number of carbonyl (C=O) groups is 2. The Morgan fingerprint density at radius 3 is 2.26 bits per heavy atom. The zero-order valence-corrected chi connectivity index (χ0v) is 20.0. The summed E-state index contributed by atoms with van der Waals surface area (Å²) in [5, 5.41) is 2.91. The van der Waals surface area contributed by atoms with Gasteiger partial charge in [-0.3, -0.25) is 4.79 Å². The van der Waals surface area contributed by atoms with Crippen LogP contribution >= 0.6 is 0 Å². The molecule has 0 saturated heterocycles. The fourth-order valence-corrected chi connectivity index (χ4v) is 4.07. The van der Waals surface area contributed by atoms with E-state index < -0.39 is 5.97 Å². The Hall–Kier alpha value is -4.20. The van der Waals surface area contributed by atoms with Gasteiger partial charge in [0.2, 0.25) is 5.91 Å². The van der Waals surface area contributed by atoms with Crippen LogP contribution in [0.4, 0.5) is 5.69 Å². The number of benzene rings is 3. The Morgan fingerprint density at radius 2 is 1.60 bits per heavy atom. The van der Waals surface area contributed by atoms with Crippen LogP contribution in [0.3, 0.4) is 0 Å². The molecule has 0 aliphatic carbocycles. The van der Waals surface area contributed by atoms with Gasteiger partial charge in [-0.25, -0.2) is 4.79 Å². The summed E-state index contributed by atoms with van der Waals surface area (Å²) in [5.74, 6) is 1.59. The summed E-state index contributed by atoms with van der Waals surface area (Å²) in [6.07, 6.45) is 0.249. The third kappa shape index (κ3) is 5.01. The molecule has 1 aliphatic rings. The second kappa shape index (κ2) is 10.4. The fraction of sp³-hybridized carbons (Fsp3) is 0.259. The summed E-state index contributed by atoms with van der Waals surface area (Å²) >= 11 is 0. The Kier molecular flexibility index (Phi) is 7.10. The lowest BCUT2D eigenvalue weighted by molar-refractivity contribution is -0.116. The maximum absolute atomic E-state index is 12.7. The largest absolute Gasteiger partial charge is 0.497 e. The van der Waals surface area contributed by atoms with Gasteiger partial charge in [-0.1, -0.05) is 6.07 Å². The van der Waals surface area contributed by atoms with Crippen LogP contribution in [0.2, 0.25) is 0 Å². The van der Waals surface area contributed by atoms with Crippen molar-refractivity contribution in [1.82, 2.24) is 0 Å². The van der Waals surface area contributed by atoms with Crippen molar-refractivity contribution in [2.24, 2.45) is 0 Å². The summed E-state index contributed by atoms with van der Waals surface area (Å²) in [6, 6.07) is 15.6. The van der Waals surface area contributed by atoms with Gasteiger partial charge in [0.1, 0.15) is 5.75 Å². The number of rotatable bonds is 8. The molecule has 0 radical (unpaired) electrons. The summed E-state index contributed by atoms with van der Waals surface area (Å²) in [4.78, 5) is 25.2. The zero-order valence-electron chi connectivity index (χ0n) is 20.0. The summed E-state index contributed by atoms with van der Waals surface area (Å²) in [7, 11) is 4.68. The number of esters is 1. The van der Waals surface area contributed by atoms with Crippen molar-refractivity contribution in [3.05, 3.63) is 71.3 Å². The van der Waals surface area contributed by atoms with Gasteiger partial charge in [-0.05, 0) is 60.5 Å². The second-order valence-corrected chi connectivity index (χ2v) is 7.86. The van der Waals surface area contributed by atoms with Crippen LogP contribution in [-0.4, -0.2) is 39.8 Å². The lowest BCUT2D eigenvalue weighted by Crippen LogP contribution is -2.23. The number of hydrogen-bond acceptors (Lipinski definition) is 7. The van der Waals surface area contributed by atoms with Gasteiger partial charge in [-0.2, -0.15) is 0 Å². The summed E-state index contributed by atoms with van der Waals surface area (Å²) < 4.78 is 27.4. The predicted octanol–water partition coefficient (Wildman–Crippen LogP) is 4.80. The van der Waals surface area contributed by atoms with Gasteiger partial charge in [-0.15, -0.1) is 0 Å². The number of hydrogen-bond donors (Lipinski definition) is 1. The Labute approximate surface area is 203 Å². The molecule has 3 aromatic rings. The first-order chi connectivity index (χ1) is 17.0. The van der Waals surface area contributed by atoms with Crippen LogP contribution in [-0.2, 0) is 4.79 Å². The van der Waals surface area contributed by atoms with E-state index in [1.54, 1.807) is 57.7 Å². The van der Waals surface area contributed by atoms with Crippen LogP contribution < -0.4 is 29.0 Å². The van der Waals surface area contributed by atoms with Crippen LogP contribution in [0, 0.1) is 0 Å². The Balaban J connectivity index is 1.67. The highest BCUT2D eigenvalue weighted by molar-refractivity contribution is 5.96. The monoisotopic (exact) mass is 477 g/mol. The minimum atomic E-state index is -0.513. The number of anilines is 1. The van der Waals surface area contributed by atoms with Crippen LogP contribution in [0.15, 0.2) is 54.6 Å². The molecule has 1 heterocycles. The van der Waals surface area contributed by atoms with E-state index in [4.69, 9.17) is 23.7 Å².